The molecule has 8 heteroatoms. The van der Waals surface area contributed by atoms with E-state index in [4.69, 9.17) is 4.74 Å². The normalized spacial score (nSPS) is 20.6. The first kappa shape index (κ1) is 19.1. The molecule has 0 bridgehead atoms. The van der Waals surface area contributed by atoms with Crippen LogP contribution >= 0.6 is 12.4 Å². The minimum Gasteiger partial charge on any atom is -0.383 e. The fourth-order valence-corrected chi connectivity index (χ4v) is 2.02. The molecular formula is C12H25ClN4O3. The first-order chi connectivity index (χ1) is 9.02. The molecule has 20 heavy (non-hydrogen) atoms. The summed E-state index contributed by atoms with van der Waals surface area (Å²) in [4.78, 5) is 25.3. The van der Waals surface area contributed by atoms with Crippen molar-refractivity contribution in [3.05, 3.63) is 0 Å². The van der Waals surface area contributed by atoms with E-state index in [1.807, 2.05) is 6.92 Å². The van der Waals surface area contributed by atoms with E-state index >= 15 is 0 Å². The lowest BCUT2D eigenvalue weighted by atomic mass is 10.2. The molecule has 2 atom stereocenters. The van der Waals surface area contributed by atoms with Crippen LogP contribution in [0.4, 0.5) is 4.79 Å². The van der Waals surface area contributed by atoms with Gasteiger partial charge in [-0.3, -0.25) is 15.0 Å². The standard InChI is InChI=1S/C12H24N4O3.ClH/c1-9(8-19-3)14-12(18)15-11(17)7-16-5-4-13-6-10(16)2;/h9-10,13H,4-8H2,1-3H3,(H2,14,15,17,18);1H/t9?,10-;/m0./s1. The van der Waals surface area contributed by atoms with E-state index in [0.717, 1.165) is 19.6 Å². The molecule has 0 aromatic heterocycles. The minimum absolute atomic E-state index is 0. The molecule has 1 saturated heterocycles. The zero-order chi connectivity index (χ0) is 14.3. The Morgan fingerprint density at radius 1 is 1.50 bits per heavy atom. The SMILES string of the molecule is COCC(C)NC(=O)NC(=O)CN1CCNC[C@@H]1C.Cl. The molecule has 0 aromatic rings. The van der Waals surface area contributed by atoms with Crippen LogP contribution in [0.1, 0.15) is 13.8 Å². The first-order valence-corrected chi connectivity index (χ1v) is 6.57. The van der Waals surface area contributed by atoms with Gasteiger partial charge < -0.3 is 15.4 Å². The van der Waals surface area contributed by atoms with Gasteiger partial charge in [-0.15, -0.1) is 12.4 Å². The Hall–Kier alpha value is -0.890. The average molecular weight is 309 g/mol. The van der Waals surface area contributed by atoms with Crippen molar-refractivity contribution in [2.24, 2.45) is 0 Å². The molecule has 0 aliphatic carbocycles. The van der Waals surface area contributed by atoms with Gasteiger partial charge in [-0.25, -0.2) is 4.79 Å². The van der Waals surface area contributed by atoms with Crippen LogP contribution in [0.5, 0.6) is 0 Å². The van der Waals surface area contributed by atoms with Crippen LogP contribution in [0.3, 0.4) is 0 Å². The Morgan fingerprint density at radius 2 is 2.20 bits per heavy atom. The van der Waals surface area contributed by atoms with Gasteiger partial charge in [0.25, 0.3) is 0 Å². The number of carbonyl (C=O) groups is 2. The highest BCUT2D eigenvalue weighted by atomic mass is 35.5. The Morgan fingerprint density at radius 3 is 2.80 bits per heavy atom. The molecule has 0 aromatic carbocycles. The number of urea groups is 1. The predicted octanol–water partition coefficient (Wildman–Crippen LogP) is -0.437. The number of hydrogen-bond donors (Lipinski definition) is 3. The molecule has 1 aliphatic rings. The number of ether oxygens (including phenoxy) is 1. The number of piperazine rings is 1. The lowest BCUT2D eigenvalue weighted by Gasteiger charge is -2.33. The molecule has 3 amide bonds. The van der Waals surface area contributed by atoms with Gasteiger partial charge in [-0.2, -0.15) is 0 Å². The summed E-state index contributed by atoms with van der Waals surface area (Å²) in [6, 6.07) is -0.303. The first-order valence-electron chi connectivity index (χ1n) is 6.57. The number of rotatable bonds is 5. The summed E-state index contributed by atoms with van der Waals surface area (Å²) in [6.45, 7) is 7.08. The van der Waals surface area contributed by atoms with Gasteiger partial charge >= 0.3 is 6.03 Å². The summed E-state index contributed by atoms with van der Waals surface area (Å²) in [5.74, 6) is -0.282. The minimum atomic E-state index is -0.475. The van der Waals surface area contributed by atoms with E-state index < -0.39 is 6.03 Å². The summed E-state index contributed by atoms with van der Waals surface area (Å²) in [7, 11) is 1.56. The third kappa shape index (κ3) is 7.04. The van der Waals surface area contributed by atoms with Crippen LogP contribution < -0.4 is 16.0 Å². The van der Waals surface area contributed by atoms with Crippen LogP contribution in [-0.2, 0) is 9.53 Å². The number of imide groups is 1. The van der Waals surface area contributed by atoms with Gasteiger partial charge in [0, 0.05) is 32.8 Å². The molecule has 3 N–H and O–H groups in total. The molecule has 0 spiro atoms. The summed E-state index contributed by atoms with van der Waals surface area (Å²) >= 11 is 0. The second-order valence-corrected chi connectivity index (χ2v) is 4.90. The van der Waals surface area contributed by atoms with Crippen molar-refractivity contribution in [2.75, 3.05) is 39.9 Å². The summed E-state index contributed by atoms with van der Waals surface area (Å²) in [6.07, 6.45) is 0. The van der Waals surface area contributed by atoms with Crippen LogP contribution in [0.2, 0.25) is 0 Å². The smallest absolute Gasteiger partial charge is 0.321 e. The Labute approximate surface area is 126 Å². The van der Waals surface area contributed by atoms with E-state index in [1.165, 1.54) is 0 Å². The van der Waals surface area contributed by atoms with E-state index in [-0.39, 0.29) is 30.9 Å². The van der Waals surface area contributed by atoms with Crippen molar-refractivity contribution in [3.8, 4) is 0 Å². The van der Waals surface area contributed by atoms with Crippen molar-refractivity contribution < 1.29 is 14.3 Å². The maximum Gasteiger partial charge on any atom is 0.321 e. The Bertz CT molecular complexity index is 317. The third-order valence-electron chi connectivity index (χ3n) is 3.03. The van der Waals surface area contributed by atoms with Gasteiger partial charge in [-0.05, 0) is 13.8 Å². The van der Waals surface area contributed by atoms with Gasteiger partial charge in [0.05, 0.1) is 19.2 Å². The monoisotopic (exact) mass is 308 g/mol. The molecule has 118 valence electrons. The summed E-state index contributed by atoms with van der Waals surface area (Å²) in [5.41, 5.74) is 0. The average Bonchev–Trinajstić information content (AvgIpc) is 2.31. The van der Waals surface area contributed by atoms with Gasteiger partial charge in [0.15, 0.2) is 0 Å². The number of hydrogen-bond acceptors (Lipinski definition) is 5. The zero-order valence-electron chi connectivity index (χ0n) is 12.3. The van der Waals surface area contributed by atoms with Crippen molar-refractivity contribution >= 4 is 24.3 Å². The van der Waals surface area contributed by atoms with Gasteiger partial charge in [0.1, 0.15) is 0 Å². The third-order valence-corrected chi connectivity index (χ3v) is 3.03. The Kier molecular flexibility index (Phi) is 9.49. The maximum absolute atomic E-state index is 11.7. The molecular weight excluding hydrogens is 284 g/mol. The second kappa shape index (κ2) is 9.93. The molecule has 7 nitrogen and oxygen atoms in total. The van der Waals surface area contributed by atoms with Crippen molar-refractivity contribution in [3.63, 3.8) is 0 Å². The number of nitrogens with zero attached hydrogens (tertiary/aromatic N) is 1. The van der Waals surface area contributed by atoms with E-state index in [0.29, 0.717) is 12.6 Å². The van der Waals surface area contributed by atoms with Crippen molar-refractivity contribution in [1.29, 1.82) is 0 Å². The van der Waals surface area contributed by atoms with E-state index in [2.05, 4.69) is 27.8 Å². The fraction of sp³-hybridized carbons (Fsp3) is 0.833. The molecule has 0 radical (unpaired) electrons. The van der Waals surface area contributed by atoms with Gasteiger partial charge in [-0.1, -0.05) is 0 Å². The van der Waals surface area contributed by atoms with Gasteiger partial charge in [0.2, 0.25) is 5.91 Å². The quantitative estimate of drug-likeness (QED) is 0.641. The highest BCUT2D eigenvalue weighted by Crippen LogP contribution is 2.00. The fourth-order valence-electron chi connectivity index (χ4n) is 2.02. The molecule has 1 heterocycles. The van der Waals surface area contributed by atoms with Crippen molar-refractivity contribution in [1.82, 2.24) is 20.9 Å². The second-order valence-electron chi connectivity index (χ2n) is 4.90. The van der Waals surface area contributed by atoms with E-state index in [1.54, 1.807) is 7.11 Å². The highest BCUT2D eigenvalue weighted by molar-refractivity contribution is 5.95. The van der Waals surface area contributed by atoms with Crippen LogP contribution in [-0.4, -0.2) is 68.8 Å². The predicted molar refractivity (Wildman–Crippen MR) is 79.2 cm³/mol. The molecule has 1 rings (SSSR count). The topological polar surface area (TPSA) is 82.7 Å². The van der Waals surface area contributed by atoms with Crippen molar-refractivity contribution in [2.45, 2.75) is 25.9 Å². The van der Waals surface area contributed by atoms with Crippen LogP contribution in [0.15, 0.2) is 0 Å². The number of methoxy groups -OCH3 is 1. The molecule has 1 aliphatic heterocycles. The van der Waals surface area contributed by atoms with E-state index in [9.17, 15) is 9.59 Å². The summed E-state index contributed by atoms with van der Waals surface area (Å²) in [5, 5.41) is 8.22. The maximum atomic E-state index is 11.7. The molecule has 1 unspecified atom stereocenters. The highest BCUT2D eigenvalue weighted by Gasteiger charge is 2.21. The zero-order valence-corrected chi connectivity index (χ0v) is 13.1. The Balaban J connectivity index is 0.00000361. The van der Waals surface area contributed by atoms with Crippen LogP contribution in [0, 0.1) is 0 Å². The number of carbonyl (C=O) groups excluding carboxylic acids is 2. The number of amides is 3. The summed E-state index contributed by atoms with van der Waals surface area (Å²) < 4.78 is 4.90. The lowest BCUT2D eigenvalue weighted by Crippen LogP contribution is -2.54. The molecule has 1 fully saturated rings. The van der Waals surface area contributed by atoms with Crippen LogP contribution in [0.25, 0.3) is 0 Å². The number of nitrogens with one attached hydrogen (secondary N) is 3. The lowest BCUT2D eigenvalue weighted by molar-refractivity contribution is -0.121. The molecule has 0 saturated carbocycles. The number of halogens is 1. The largest absolute Gasteiger partial charge is 0.383 e.